The van der Waals surface area contributed by atoms with Crippen LogP contribution in [0.25, 0.3) is 0 Å². The fourth-order valence-corrected chi connectivity index (χ4v) is 1.60. The summed E-state index contributed by atoms with van der Waals surface area (Å²) in [6, 6.07) is 11.5. The second kappa shape index (κ2) is 6.06. The van der Waals surface area contributed by atoms with Crippen LogP contribution in [0.2, 0.25) is 0 Å². The molecule has 0 bridgehead atoms. The number of nitriles is 1. The highest BCUT2D eigenvalue weighted by Crippen LogP contribution is 2.15. The van der Waals surface area contributed by atoms with Crippen molar-refractivity contribution in [1.82, 2.24) is 5.32 Å². The average molecular weight is 206 g/mol. The Bertz CT molecular complexity index is 332. The summed E-state index contributed by atoms with van der Waals surface area (Å²) < 4.78 is 0. The highest BCUT2D eigenvalue weighted by molar-refractivity contribution is 8.00. The van der Waals surface area contributed by atoms with Gasteiger partial charge in [0.1, 0.15) is 6.54 Å². The summed E-state index contributed by atoms with van der Waals surface area (Å²) in [5, 5.41) is 10.7. The monoisotopic (exact) mass is 206 g/mol. The summed E-state index contributed by atoms with van der Waals surface area (Å²) in [5.74, 6) is 0.242. The van der Waals surface area contributed by atoms with Crippen molar-refractivity contribution in [3.63, 3.8) is 0 Å². The van der Waals surface area contributed by atoms with Crippen LogP contribution in [0.5, 0.6) is 0 Å². The third-order valence-corrected chi connectivity index (χ3v) is 2.49. The van der Waals surface area contributed by atoms with Crippen LogP contribution in [0.15, 0.2) is 35.2 Å². The van der Waals surface area contributed by atoms with E-state index in [2.05, 4.69) is 5.32 Å². The van der Waals surface area contributed by atoms with E-state index in [0.717, 1.165) is 4.90 Å². The number of benzene rings is 1. The van der Waals surface area contributed by atoms with Gasteiger partial charge in [-0.25, -0.2) is 0 Å². The minimum atomic E-state index is -0.111. The fraction of sp³-hybridized carbons (Fsp3) is 0.200. The summed E-state index contributed by atoms with van der Waals surface area (Å²) in [6.45, 7) is 0.0776. The van der Waals surface area contributed by atoms with Crippen molar-refractivity contribution in [3.8, 4) is 6.07 Å². The molecule has 1 aromatic carbocycles. The Hall–Kier alpha value is -1.47. The van der Waals surface area contributed by atoms with Gasteiger partial charge in [-0.15, -0.1) is 11.8 Å². The fourth-order valence-electron chi connectivity index (χ4n) is 0.855. The van der Waals surface area contributed by atoms with Crippen LogP contribution in [0.4, 0.5) is 0 Å². The molecule has 0 aliphatic carbocycles. The van der Waals surface area contributed by atoms with Gasteiger partial charge >= 0.3 is 0 Å². The number of carbonyl (C=O) groups excluding carboxylic acids is 1. The second-order valence-corrected chi connectivity index (χ2v) is 3.59. The predicted molar refractivity (Wildman–Crippen MR) is 55.8 cm³/mol. The number of amides is 1. The molecule has 1 rings (SSSR count). The maximum atomic E-state index is 11.1. The van der Waals surface area contributed by atoms with E-state index in [4.69, 9.17) is 5.26 Å². The van der Waals surface area contributed by atoms with Crippen LogP contribution in [0.1, 0.15) is 0 Å². The van der Waals surface area contributed by atoms with Gasteiger partial charge < -0.3 is 5.32 Å². The first kappa shape index (κ1) is 10.6. The van der Waals surface area contributed by atoms with Crippen molar-refractivity contribution in [2.75, 3.05) is 12.3 Å². The first-order chi connectivity index (χ1) is 6.83. The minimum Gasteiger partial charge on any atom is -0.342 e. The summed E-state index contributed by atoms with van der Waals surface area (Å²) in [5.41, 5.74) is 0. The molecular formula is C10H10N2OS. The summed E-state index contributed by atoms with van der Waals surface area (Å²) >= 11 is 1.46. The van der Waals surface area contributed by atoms with Crippen LogP contribution in [0, 0.1) is 11.3 Å². The lowest BCUT2D eigenvalue weighted by Crippen LogP contribution is -2.25. The smallest absolute Gasteiger partial charge is 0.231 e. The van der Waals surface area contributed by atoms with Gasteiger partial charge in [-0.05, 0) is 12.1 Å². The molecule has 0 saturated carbocycles. The Morgan fingerprint density at radius 1 is 1.43 bits per heavy atom. The molecule has 0 saturated heterocycles. The van der Waals surface area contributed by atoms with E-state index in [9.17, 15) is 4.79 Å². The average Bonchev–Trinajstić information content (AvgIpc) is 2.25. The quantitative estimate of drug-likeness (QED) is 0.598. The molecule has 1 N–H and O–H groups in total. The van der Waals surface area contributed by atoms with Crippen molar-refractivity contribution in [2.24, 2.45) is 0 Å². The zero-order chi connectivity index (χ0) is 10.2. The van der Waals surface area contributed by atoms with Gasteiger partial charge in [0, 0.05) is 4.90 Å². The number of hydrogen-bond donors (Lipinski definition) is 1. The lowest BCUT2D eigenvalue weighted by atomic mass is 10.4. The van der Waals surface area contributed by atoms with E-state index in [0.29, 0.717) is 5.75 Å². The zero-order valence-corrected chi connectivity index (χ0v) is 8.38. The van der Waals surface area contributed by atoms with Crippen molar-refractivity contribution < 1.29 is 4.79 Å². The van der Waals surface area contributed by atoms with Crippen molar-refractivity contribution in [1.29, 1.82) is 5.26 Å². The number of carbonyl (C=O) groups is 1. The largest absolute Gasteiger partial charge is 0.342 e. The number of thioether (sulfide) groups is 1. The Morgan fingerprint density at radius 2 is 2.14 bits per heavy atom. The molecule has 1 aromatic rings. The Morgan fingerprint density at radius 3 is 2.79 bits per heavy atom. The van der Waals surface area contributed by atoms with Crippen LogP contribution < -0.4 is 5.32 Å². The lowest BCUT2D eigenvalue weighted by molar-refractivity contribution is -0.118. The van der Waals surface area contributed by atoms with Crippen LogP contribution in [-0.4, -0.2) is 18.2 Å². The second-order valence-electron chi connectivity index (χ2n) is 2.54. The molecule has 4 heteroatoms. The SMILES string of the molecule is N#CCNC(=O)CSc1ccccc1. The third kappa shape index (κ3) is 3.97. The van der Waals surface area contributed by atoms with Crippen LogP contribution in [0.3, 0.4) is 0 Å². The van der Waals surface area contributed by atoms with Crippen molar-refractivity contribution >= 4 is 17.7 Å². The normalized spacial score (nSPS) is 9.07. The molecule has 72 valence electrons. The summed E-state index contributed by atoms with van der Waals surface area (Å²) in [4.78, 5) is 12.1. The third-order valence-electron chi connectivity index (χ3n) is 1.48. The van der Waals surface area contributed by atoms with E-state index in [1.165, 1.54) is 11.8 Å². The maximum Gasteiger partial charge on any atom is 0.231 e. The lowest BCUT2D eigenvalue weighted by Gasteiger charge is -2.00. The highest BCUT2D eigenvalue weighted by Gasteiger charge is 2.00. The van der Waals surface area contributed by atoms with Crippen molar-refractivity contribution in [2.45, 2.75) is 4.90 Å². The molecule has 0 aliphatic rings. The Balaban J connectivity index is 2.28. The molecular weight excluding hydrogens is 196 g/mol. The van der Waals surface area contributed by atoms with E-state index < -0.39 is 0 Å². The number of hydrogen-bond acceptors (Lipinski definition) is 3. The molecule has 14 heavy (non-hydrogen) atoms. The van der Waals surface area contributed by atoms with Crippen LogP contribution in [-0.2, 0) is 4.79 Å². The minimum absolute atomic E-state index is 0.0776. The van der Waals surface area contributed by atoms with Gasteiger partial charge in [0.25, 0.3) is 0 Å². The molecule has 0 fully saturated rings. The highest BCUT2D eigenvalue weighted by atomic mass is 32.2. The molecule has 0 atom stereocenters. The first-order valence-electron chi connectivity index (χ1n) is 4.14. The van der Waals surface area contributed by atoms with E-state index in [1.54, 1.807) is 0 Å². The molecule has 1 amide bonds. The van der Waals surface area contributed by atoms with Gasteiger partial charge in [-0.2, -0.15) is 5.26 Å². The number of rotatable bonds is 4. The molecule has 0 spiro atoms. The van der Waals surface area contributed by atoms with E-state index >= 15 is 0 Å². The van der Waals surface area contributed by atoms with Crippen molar-refractivity contribution in [3.05, 3.63) is 30.3 Å². The molecule has 3 nitrogen and oxygen atoms in total. The number of nitrogens with one attached hydrogen (secondary N) is 1. The van der Waals surface area contributed by atoms with Gasteiger partial charge in [-0.1, -0.05) is 18.2 Å². The summed E-state index contributed by atoms with van der Waals surface area (Å²) in [6.07, 6.45) is 0. The molecule has 0 heterocycles. The summed E-state index contributed by atoms with van der Waals surface area (Å²) in [7, 11) is 0. The van der Waals surface area contributed by atoms with Gasteiger partial charge in [-0.3, -0.25) is 4.79 Å². The maximum absolute atomic E-state index is 11.1. The standard InChI is InChI=1S/C10H10N2OS/c11-6-7-12-10(13)8-14-9-4-2-1-3-5-9/h1-5H,7-8H2,(H,12,13). The molecule has 0 aliphatic heterocycles. The molecule has 0 radical (unpaired) electrons. The first-order valence-corrected chi connectivity index (χ1v) is 5.13. The van der Waals surface area contributed by atoms with Gasteiger partial charge in [0.15, 0.2) is 0 Å². The van der Waals surface area contributed by atoms with E-state index in [-0.39, 0.29) is 12.5 Å². The van der Waals surface area contributed by atoms with Gasteiger partial charge in [0.05, 0.1) is 11.8 Å². The zero-order valence-electron chi connectivity index (χ0n) is 7.56. The van der Waals surface area contributed by atoms with E-state index in [1.807, 2.05) is 36.4 Å². The predicted octanol–water partition coefficient (Wildman–Crippen LogP) is 1.42. The Labute approximate surface area is 87.1 Å². The Kier molecular flexibility index (Phi) is 4.59. The van der Waals surface area contributed by atoms with Crippen LogP contribution >= 0.6 is 11.8 Å². The van der Waals surface area contributed by atoms with Gasteiger partial charge in [0.2, 0.25) is 5.91 Å². The topological polar surface area (TPSA) is 52.9 Å². The number of nitrogens with zero attached hydrogens (tertiary/aromatic N) is 1. The molecule has 0 aromatic heterocycles. The molecule has 0 unspecified atom stereocenters.